The average molecular weight is 251 g/mol. The van der Waals surface area contributed by atoms with E-state index in [1.165, 1.54) is 0 Å². The molecule has 0 radical (unpaired) electrons. The van der Waals surface area contributed by atoms with Crippen molar-refractivity contribution in [1.82, 2.24) is 0 Å². The van der Waals surface area contributed by atoms with Crippen LogP contribution < -0.4 is 10.5 Å². The van der Waals surface area contributed by atoms with Crippen LogP contribution in [0.2, 0.25) is 0 Å². The molecule has 0 saturated carbocycles. The van der Waals surface area contributed by atoms with E-state index >= 15 is 0 Å². The number of carbonyl (C=O) groups excluding carboxylic acids is 1. The van der Waals surface area contributed by atoms with Gasteiger partial charge in [-0.05, 0) is 19.1 Å². The molecule has 1 aromatic rings. The number of para-hydroxylation sites is 1. The monoisotopic (exact) mass is 251 g/mol. The van der Waals surface area contributed by atoms with Gasteiger partial charge in [-0.15, -0.1) is 0 Å². The molecule has 0 amide bonds. The first kappa shape index (κ1) is 14.7. The minimum atomic E-state index is -0.225. The molecule has 2 unspecified atom stereocenters. The van der Waals surface area contributed by atoms with Crippen molar-refractivity contribution < 1.29 is 14.3 Å². The maximum Gasteiger partial charge on any atom is 0.170 e. The zero-order valence-electron chi connectivity index (χ0n) is 11.2. The van der Waals surface area contributed by atoms with Gasteiger partial charge in [-0.3, -0.25) is 4.79 Å². The summed E-state index contributed by atoms with van der Waals surface area (Å²) >= 11 is 0. The standard InChI is InChI=1S/C14H21NO3/c1-10(11(2)15)14(16)12-6-4-5-7-13(12)18-9-8-17-3/h4-7,10-11H,8-9,15H2,1-3H3. The van der Waals surface area contributed by atoms with Crippen molar-refractivity contribution in [3.05, 3.63) is 29.8 Å². The second-order valence-electron chi connectivity index (χ2n) is 4.35. The van der Waals surface area contributed by atoms with E-state index in [1.54, 1.807) is 19.2 Å². The van der Waals surface area contributed by atoms with Crippen LogP contribution in [0, 0.1) is 5.92 Å². The number of hydrogen-bond donors (Lipinski definition) is 1. The third-order valence-corrected chi connectivity index (χ3v) is 2.90. The van der Waals surface area contributed by atoms with E-state index in [-0.39, 0.29) is 17.7 Å². The Labute approximate surface area is 108 Å². The van der Waals surface area contributed by atoms with Crippen molar-refractivity contribution in [2.24, 2.45) is 11.7 Å². The van der Waals surface area contributed by atoms with Crippen molar-refractivity contribution >= 4 is 5.78 Å². The summed E-state index contributed by atoms with van der Waals surface area (Å²) < 4.78 is 10.5. The van der Waals surface area contributed by atoms with E-state index in [0.29, 0.717) is 24.5 Å². The van der Waals surface area contributed by atoms with Gasteiger partial charge in [-0.1, -0.05) is 19.1 Å². The lowest BCUT2D eigenvalue weighted by molar-refractivity contribution is 0.0909. The van der Waals surface area contributed by atoms with Crippen LogP contribution in [0.4, 0.5) is 0 Å². The molecule has 4 nitrogen and oxygen atoms in total. The van der Waals surface area contributed by atoms with Gasteiger partial charge >= 0.3 is 0 Å². The van der Waals surface area contributed by atoms with Crippen molar-refractivity contribution in [2.45, 2.75) is 19.9 Å². The molecule has 100 valence electrons. The lowest BCUT2D eigenvalue weighted by atomic mass is 9.93. The van der Waals surface area contributed by atoms with Gasteiger partial charge in [-0.25, -0.2) is 0 Å². The largest absolute Gasteiger partial charge is 0.490 e. The highest BCUT2D eigenvalue weighted by Crippen LogP contribution is 2.22. The first-order valence-corrected chi connectivity index (χ1v) is 6.08. The van der Waals surface area contributed by atoms with E-state index in [2.05, 4.69) is 0 Å². The lowest BCUT2D eigenvalue weighted by Gasteiger charge is -2.16. The average Bonchev–Trinajstić information content (AvgIpc) is 2.38. The smallest absolute Gasteiger partial charge is 0.170 e. The van der Waals surface area contributed by atoms with Crippen LogP contribution in [0.3, 0.4) is 0 Å². The number of ether oxygens (including phenoxy) is 2. The maximum atomic E-state index is 12.2. The second-order valence-corrected chi connectivity index (χ2v) is 4.35. The molecule has 2 N–H and O–H groups in total. The Morgan fingerprint density at radius 2 is 1.94 bits per heavy atom. The molecular formula is C14H21NO3. The Morgan fingerprint density at radius 3 is 2.56 bits per heavy atom. The molecule has 0 saturated heterocycles. The highest BCUT2D eigenvalue weighted by atomic mass is 16.5. The minimum absolute atomic E-state index is 0.0121. The molecule has 0 aromatic heterocycles. The Bertz CT molecular complexity index is 390. The number of benzene rings is 1. The topological polar surface area (TPSA) is 61.5 Å². The van der Waals surface area contributed by atoms with Gasteiger partial charge in [0.25, 0.3) is 0 Å². The zero-order valence-corrected chi connectivity index (χ0v) is 11.2. The van der Waals surface area contributed by atoms with Crippen LogP contribution in [-0.4, -0.2) is 32.1 Å². The number of hydrogen-bond acceptors (Lipinski definition) is 4. The van der Waals surface area contributed by atoms with Crippen LogP contribution in [0.15, 0.2) is 24.3 Å². The molecule has 0 bridgehead atoms. The molecule has 1 rings (SSSR count). The Morgan fingerprint density at radius 1 is 1.28 bits per heavy atom. The predicted octanol–water partition coefficient (Wildman–Crippen LogP) is 1.88. The fourth-order valence-corrected chi connectivity index (χ4v) is 1.52. The highest BCUT2D eigenvalue weighted by Gasteiger charge is 2.21. The van der Waals surface area contributed by atoms with Crippen molar-refractivity contribution in [3.8, 4) is 5.75 Å². The minimum Gasteiger partial charge on any atom is -0.490 e. The number of Topliss-reactive ketones (excluding diaryl/α,β-unsaturated/α-hetero) is 1. The van der Waals surface area contributed by atoms with E-state index < -0.39 is 0 Å². The van der Waals surface area contributed by atoms with Gasteiger partial charge in [0.05, 0.1) is 12.2 Å². The van der Waals surface area contributed by atoms with Gasteiger partial charge < -0.3 is 15.2 Å². The van der Waals surface area contributed by atoms with Gasteiger partial charge in [-0.2, -0.15) is 0 Å². The number of carbonyl (C=O) groups is 1. The predicted molar refractivity (Wildman–Crippen MR) is 71.0 cm³/mol. The number of nitrogens with two attached hydrogens (primary N) is 1. The molecule has 18 heavy (non-hydrogen) atoms. The molecule has 4 heteroatoms. The fourth-order valence-electron chi connectivity index (χ4n) is 1.52. The zero-order chi connectivity index (χ0) is 13.5. The Kier molecular flexibility index (Phi) is 5.82. The Hall–Kier alpha value is -1.39. The molecule has 0 aliphatic carbocycles. The first-order chi connectivity index (χ1) is 8.57. The van der Waals surface area contributed by atoms with Crippen LogP contribution in [0.5, 0.6) is 5.75 Å². The lowest BCUT2D eigenvalue weighted by Crippen LogP contribution is -2.30. The first-order valence-electron chi connectivity index (χ1n) is 6.08. The third kappa shape index (κ3) is 3.82. The van der Waals surface area contributed by atoms with Crippen LogP contribution >= 0.6 is 0 Å². The summed E-state index contributed by atoms with van der Waals surface area (Å²) in [6.45, 7) is 4.58. The number of methoxy groups -OCH3 is 1. The van der Waals surface area contributed by atoms with Gasteiger partial charge in [0, 0.05) is 19.1 Å². The normalized spacial score (nSPS) is 14.0. The maximum absolute atomic E-state index is 12.2. The summed E-state index contributed by atoms with van der Waals surface area (Å²) in [6.07, 6.45) is 0. The number of rotatable bonds is 7. The summed E-state index contributed by atoms with van der Waals surface area (Å²) in [4.78, 5) is 12.2. The molecule has 0 fully saturated rings. The molecule has 0 aliphatic heterocycles. The SMILES string of the molecule is COCCOc1ccccc1C(=O)C(C)C(C)N. The number of ketones is 1. The summed E-state index contributed by atoms with van der Waals surface area (Å²) in [5, 5.41) is 0. The van der Waals surface area contributed by atoms with Crippen molar-refractivity contribution in [2.75, 3.05) is 20.3 Å². The van der Waals surface area contributed by atoms with Gasteiger partial charge in [0.1, 0.15) is 12.4 Å². The van der Waals surface area contributed by atoms with Crippen LogP contribution in [0.25, 0.3) is 0 Å². The van der Waals surface area contributed by atoms with E-state index in [9.17, 15) is 4.79 Å². The third-order valence-electron chi connectivity index (χ3n) is 2.90. The Balaban J connectivity index is 2.84. The fraction of sp³-hybridized carbons (Fsp3) is 0.500. The quantitative estimate of drug-likeness (QED) is 0.593. The molecule has 1 aromatic carbocycles. The van der Waals surface area contributed by atoms with Crippen LogP contribution in [-0.2, 0) is 4.74 Å². The molecular weight excluding hydrogens is 230 g/mol. The van der Waals surface area contributed by atoms with E-state index in [4.69, 9.17) is 15.2 Å². The summed E-state index contributed by atoms with van der Waals surface area (Å²) in [5.41, 5.74) is 6.35. The molecule has 0 aliphatic rings. The van der Waals surface area contributed by atoms with Crippen LogP contribution in [0.1, 0.15) is 24.2 Å². The summed E-state index contributed by atoms with van der Waals surface area (Å²) in [5.74, 6) is 0.377. The molecule has 0 spiro atoms. The highest BCUT2D eigenvalue weighted by molar-refractivity contribution is 6.00. The van der Waals surface area contributed by atoms with E-state index in [1.807, 2.05) is 26.0 Å². The summed E-state index contributed by atoms with van der Waals surface area (Å²) in [6, 6.07) is 7.05. The summed E-state index contributed by atoms with van der Waals surface area (Å²) in [7, 11) is 1.61. The van der Waals surface area contributed by atoms with Crippen molar-refractivity contribution in [1.29, 1.82) is 0 Å². The second kappa shape index (κ2) is 7.13. The van der Waals surface area contributed by atoms with E-state index in [0.717, 1.165) is 0 Å². The molecule has 0 heterocycles. The van der Waals surface area contributed by atoms with Gasteiger partial charge in [0.2, 0.25) is 0 Å². The van der Waals surface area contributed by atoms with Gasteiger partial charge in [0.15, 0.2) is 5.78 Å². The molecule has 2 atom stereocenters. The van der Waals surface area contributed by atoms with Crippen molar-refractivity contribution in [3.63, 3.8) is 0 Å².